The Kier molecular flexibility index (Phi) is 5.91. The van der Waals surface area contributed by atoms with Gasteiger partial charge in [-0.15, -0.1) is 0 Å². The molecule has 3 nitrogen and oxygen atoms in total. The zero-order valence-electron chi connectivity index (χ0n) is 15.0. The second-order valence-electron chi connectivity index (χ2n) is 6.19. The van der Waals surface area contributed by atoms with Crippen LogP contribution in [0.1, 0.15) is 25.8 Å². The molecule has 0 radical (unpaired) electrons. The largest absolute Gasteiger partial charge is 0.299 e. The second-order valence-corrected chi connectivity index (χ2v) is 6.19. The average molecular weight is 331 g/mol. The van der Waals surface area contributed by atoms with E-state index in [1.807, 2.05) is 18.2 Å². The van der Waals surface area contributed by atoms with Gasteiger partial charge in [-0.25, -0.2) is 0 Å². The number of rotatable bonds is 7. The van der Waals surface area contributed by atoms with Crippen LogP contribution in [0.15, 0.2) is 67.0 Å². The van der Waals surface area contributed by atoms with Gasteiger partial charge in [-0.1, -0.05) is 68.4 Å². The maximum atomic E-state index is 4.59. The highest BCUT2D eigenvalue weighted by molar-refractivity contribution is 5.77. The van der Waals surface area contributed by atoms with Crippen molar-refractivity contribution in [3.63, 3.8) is 0 Å². The molecule has 0 aliphatic heterocycles. The number of nitrogens with zero attached hydrogens (tertiary/aromatic N) is 3. The summed E-state index contributed by atoms with van der Waals surface area (Å²) < 4.78 is 0. The fraction of sp³-hybridized carbons (Fsp3) is 0.273. The van der Waals surface area contributed by atoms with Gasteiger partial charge in [0.15, 0.2) is 0 Å². The molecule has 3 aromatic rings. The van der Waals surface area contributed by atoms with Gasteiger partial charge in [-0.3, -0.25) is 14.9 Å². The second kappa shape index (κ2) is 8.54. The van der Waals surface area contributed by atoms with Gasteiger partial charge in [-0.2, -0.15) is 0 Å². The van der Waals surface area contributed by atoms with Gasteiger partial charge in [0, 0.05) is 30.1 Å². The summed E-state index contributed by atoms with van der Waals surface area (Å²) >= 11 is 0. The molecule has 0 bridgehead atoms. The van der Waals surface area contributed by atoms with E-state index in [4.69, 9.17) is 0 Å². The Balaban J connectivity index is 1.86. The van der Waals surface area contributed by atoms with E-state index in [2.05, 4.69) is 65.1 Å². The van der Waals surface area contributed by atoms with E-state index in [1.165, 1.54) is 12.0 Å². The van der Waals surface area contributed by atoms with Gasteiger partial charge in [0.25, 0.3) is 0 Å². The molecule has 2 aromatic carbocycles. The quantitative estimate of drug-likeness (QED) is 0.607. The molecular weight excluding hydrogens is 306 g/mol. The normalized spacial score (nSPS) is 11.0. The predicted octanol–water partition coefficient (Wildman–Crippen LogP) is 5.04. The summed E-state index contributed by atoms with van der Waals surface area (Å²) in [6.45, 7) is 7.66. The Morgan fingerprint density at radius 2 is 1.36 bits per heavy atom. The minimum Gasteiger partial charge on any atom is -0.299 e. The molecule has 1 aromatic heterocycles. The predicted molar refractivity (Wildman–Crippen MR) is 104 cm³/mol. The van der Waals surface area contributed by atoms with Gasteiger partial charge in [0.1, 0.15) is 0 Å². The van der Waals surface area contributed by atoms with Crippen LogP contribution in [0.25, 0.3) is 22.5 Å². The third-order valence-electron chi connectivity index (χ3n) is 4.37. The molecule has 0 saturated heterocycles. The number of benzene rings is 2. The number of aromatic nitrogens is 2. The lowest BCUT2D eigenvalue weighted by molar-refractivity contribution is 0.280. The summed E-state index contributed by atoms with van der Waals surface area (Å²) in [6, 6.07) is 19.0. The number of hydrogen-bond donors (Lipinski definition) is 0. The molecule has 0 amide bonds. The molecule has 0 fully saturated rings. The molecule has 128 valence electrons. The summed E-state index contributed by atoms with van der Waals surface area (Å²) in [4.78, 5) is 11.6. The fourth-order valence-electron chi connectivity index (χ4n) is 3.05. The first kappa shape index (κ1) is 17.3. The summed E-state index contributed by atoms with van der Waals surface area (Å²) in [7, 11) is 0. The maximum absolute atomic E-state index is 4.59. The van der Waals surface area contributed by atoms with Crippen molar-refractivity contribution < 1.29 is 0 Å². The van der Waals surface area contributed by atoms with Gasteiger partial charge in [-0.05, 0) is 25.1 Å². The third-order valence-corrected chi connectivity index (χ3v) is 4.37. The van der Waals surface area contributed by atoms with Gasteiger partial charge < -0.3 is 0 Å². The Bertz CT molecular complexity index is 782. The molecule has 1 heterocycles. The molecule has 0 saturated carbocycles. The highest BCUT2D eigenvalue weighted by atomic mass is 15.1. The summed E-state index contributed by atoms with van der Waals surface area (Å²) in [5.74, 6) is 0. The van der Waals surface area contributed by atoms with Crippen molar-refractivity contribution in [1.29, 1.82) is 0 Å². The fourth-order valence-corrected chi connectivity index (χ4v) is 3.05. The first-order valence-electron chi connectivity index (χ1n) is 9.00. The molecule has 0 unspecified atom stereocenters. The zero-order valence-corrected chi connectivity index (χ0v) is 15.0. The van der Waals surface area contributed by atoms with E-state index >= 15 is 0 Å². The molecular formula is C22H25N3. The van der Waals surface area contributed by atoms with Gasteiger partial charge in [0.2, 0.25) is 0 Å². The van der Waals surface area contributed by atoms with Gasteiger partial charge in [0.05, 0.1) is 11.4 Å². The first-order valence-corrected chi connectivity index (χ1v) is 9.00. The van der Waals surface area contributed by atoms with E-state index in [0.29, 0.717) is 0 Å². The molecule has 0 aliphatic rings. The lowest BCUT2D eigenvalue weighted by Crippen LogP contribution is -2.23. The van der Waals surface area contributed by atoms with E-state index in [1.54, 1.807) is 12.4 Å². The minimum atomic E-state index is 0.928. The highest BCUT2D eigenvalue weighted by Gasteiger charge is 2.10. The smallest absolute Gasteiger partial charge is 0.0965 e. The monoisotopic (exact) mass is 331 g/mol. The van der Waals surface area contributed by atoms with Crippen LogP contribution < -0.4 is 0 Å². The average Bonchev–Trinajstić information content (AvgIpc) is 2.69. The molecule has 0 atom stereocenters. The van der Waals surface area contributed by atoms with Crippen molar-refractivity contribution in [3.8, 4) is 22.5 Å². The molecule has 3 heteroatoms. The summed E-state index contributed by atoms with van der Waals surface area (Å²) in [5, 5.41) is 0. The van der Waals surface area contributed by atoms with E-state index < -0.39 is 0 Å². The van der Waals surface area contributed by atoms with E-state index in [0.717, 1.165) is 42.1 Å². The van der Waals surface area contributed by atoms with Crippen molar-refractivity contribution in [2.24, 2.45) is 0 Å². The van der Waals surface area contributed by atoms with Crippen molar-refractivity contribution in [1.82, 2.24) is 14.9 Å². The molecule has 0 N–H and O–H groups in total. The van der Waals surface area contributed by atoms with E-state index in [9.17, 15) is 0 Å². The molecule has 25 heavy (non-hydrogen) atoms. The Labute approximate surface area is 150 Å². The van der Waals surface area contributed by atoms with Crippen molar-refractivity contribution >= 4 is 0 Å². The Hall–Kier alpha value is -2.52. The van der Waals surface area contributed by atoms with Gasteiger partial charge >= 0.3 is 0 Å². The van der Waals surface area contributed by atoms with Crippen LogP contribution in [0, 0.1) is 0 Å². The van der Waals surface area contributed by atoms with Crippen molar-refractivity contribution in [2.75, 3.05) is 13.1 Å². The van der Waals surface area contributed by atoms with Crippen molar-refractivity contribution in [2.45, 2.75) is 26.8 Å². The number of hydrogen-bond acceptors (Lipinski definition) is 3. The van der Waals surface area contributed by atoms with Crippen LogP contribution in [0.4, 0.5) is 0 Å². The minimum absolute atomic E-state index is 0.928. The Morgan fingerprint density at radius 3 is 1.92 bits per heavy atom. The van der Waals surface area contributed by atoms with Crippen LogP contribution in [-0.4, -0.2) is 28.0 Å². The van der Waals surface area contributed by atoms with Crippen LogP contribution >= 0.6 is 0 Å². The molecule has 3 rings (SSSR count). The first-order chi connectivity index (χ1) is 12.3. The summed E-state index contributed by atoms with van der Waals surface area (Å²) in [6.07, 6.45) is 4.70. The lowest BCUT2D eigenvalue weighted by Gasteiger charge is -2.19. The maximum Gasteiger partial charge on any atom is 0.0965 e. The topological polar surface area (TPSA) is 29.0 Å². The van der Waals surface area contributed by atoms with Crippen molar-refractivity contribution in [3.05, 3.63) is 72.6 Å². The van der Waals surface area contributed by atoms with Crippen LogP contribution in [0.2, 0.25) is 0 Å². The molecule has 0 aliphatic carbocycles. The highest BCUT2D eigenvalue weighted by Crippen LogP contribution is 2.28. The third kappa shape index (κ3) is 4.31. The standard InChI is InChI=1S/C22H25N3/c1-3-16-25(4-2)17-18-10-12-20(13-11-18)22-21(23-14-15-24-22)19-8-6-5-7-9-19/h5-15H,3-4,16-17H2,1-2H3. The summed E-state index contributed by atoms with van der Waals surface area (Å²) in [5.41, 5.74) is 5.39. The Morgan fingerprint density at radius 1 is 0.760 bits per heavy atom. The lowest BCUT2D eigenvalue weighted by atomic mass is 10.0. The molecule has 0 spiro atoms. The van der Waals surface area contributed by atoms with Crippen LogP contribution in [0.3, 0.4) is 0 Å². The van der Waals surface area contributed by atoms with Crippen LogP contribution in [0.5, 0.6) is 0 Å². The van der Waals surface area contributed by atoms with E-state index in [-0.39, 0.29) is 0 Å². The SMILES string of the molecule is CCCN(CC)Cc1ccc(-c2nccnc2-c2ccccc2)cc1. The van der Waals surface area contributed by atoms with Crippen LogP contribution in [-0.2, 0) is 6.54 Å². The zero-order chi connectivity index (χ0) is 17.5.